The Morgan fingerprint density at radius 2 is 2.27 bits per heavy atom. The summed E-state index contributed by atoms with van der Waals surface area (Å²) in [4.78, 5) is 3.40. The second kappa shape index (κ2) is 5.06. The molecule has 0 amide bonds. The van der Waals surface area contributed by atoms with Gasteiger partial charge in [0.2, 0.25) is 0 Å². The normalized spacial score (nSPS) is 11.3. The van der Waals surface area contributed by atoms with E-state index in [1.54, 1.807) is 6.07 Å². The summed E-state index contributed by atoms with van der Waals surface area (Å²) in [6.07, 6.45) is 2.81. The molecular weight excluding hydrogens is 221 g/mol. The van der Waals surface area contributed by atoms with E-state index in [-0.39, 0.29) is 18.1 Å². The number of aromatic nitrogens is 1. The van der Waals surface area contributed by atoms with Gasteiger partial charge in [0.05, 0.1) is 12.4 Å². The first kappa shape index (κ1) is 11.9. The third-order valence-corrected chi connectivity index (χ3v) is 2.67. The topological polar surface area (TPSA) is 56.3 Å². The maximum Gasteiger partial charge on any atom is 0.255 e. The van der Waals surface area contributed by atoms with Crippen molar-refractivity contribution < 1.29 is 17.5 Å². The van der Waals surface area contributed by atoms with Crippen molar-refractivity contribution in [3.63, 3.8) is 0 Å². The van der Waals surface area contributed by atoms with Crippen molar-refractivity contribution in [1.29, 1.82) is 0 Å². The number of hydrogen-bond donors (Lipinski definition) is 0. The van der Waals surface area contributed by atoms with E-state index in [1.165, 1.54) is 12.3 Å². The Morgan fingerprint density at radius 1 is 1.53 bits per heavy atom. The van der Waals surface area contributed by atoms with Crippen molar-refractivity contribution in [3.8, 4) is 5.75 Å². The minimum absolute atomic E-state index is 0.0366. The largest absolute Gasteiger partial charge is 0.489 e. The van der Waals surface area contributed by atoms with Crippen LogP contribution < -0.4 is 4.74 Å². The van der Waals surface area contributed by atoms with Crippen LogP contribution in [0.25, 0.3) is 0 Å². The van der Waals surface area contributed by atoms with Gasteiger partial charge >= 0.3 is 0 Å². The smallest absolute Gasteiger partial charge is 0.255 e. The maximum absolute atomic E-state index is 12.9. The number of nitrogens with zero attached hydrogens (tertiary/aromatic N) is 1. The van der Waals surface area contributed by atoms with E-state index in [0.717, 1.165) is 6.26 Å². The maximum atomic E-state index is 12.9. The lowest BCUT2D eigenvalue weighted by molar-refractivity contribution is 0.297. The highest BCUT2D eigenvalue weighted by atomic mass is 32.2. The molecule has 0 bridgehead atoms. The summed E-state index contributed by atoms with van der Waals surface area (Å²) in [6.45, 7) is 0.162. The van der Waals surface area contributed by atoms with Gasteiger partial charge in [0, 0.05) is 12.5 Å². The van der Waals surface area contributed by atoms with Crippen LogP contribution in [0.4, 0.5) is 4.39 Å². The molecule has 0 aliphatic heterocycles. The summed E-state index contributed by atoms with van der Waals surface area (Å²) in [5, 5.41) is 0. The van der Waals surface area contributed by atoms with Crippen LogP contribution in [-0.2, 0) is 9.84 Å². The van der Waals surface area contributed by atoms with Crippen molar-refractivity contribution >= 4 is 9.84 Å². The van der Waals surface area contributed by atoms with Crippen LogP contribution in [0.2, 0.25) is 0 Å². The highest BCUT2D eigenvalue weighted by Crippen LogP contribution is 2.12. The molecule has 0 fully saturated rings. The fourth-order valence-electron chi connectivity index (χ4n) is 0.982. The van der Waals surface area contributed by atoms with Crippen molar-refractivity contribution in [2.75, 3.05) is 18.6 Å². The quantitative estimate of drug-likeness (QED) is 0.563. The van der Waals surface area contributed by atoms with E-state index < -0.39 is 15.8 Å². The number of rotatable bonds is 5. The second-order valence-corrected chi connectivity index (χ2v) is 5.38. The third-order valence-electron chi connectivity index (χ3n) is 1.64. The summed E-state index contributed by atoms with van der Waals surface area (Å²) in [5.74, 6) is -0.600. The lowest BCUT2D eigenvalue weighted by Gasteiger charge is -2.05. The monoisotopic (exact) mass is 233 g/mol. The number of ether oxygens (including phenoxy) is 1. The van der Waals surface area contributed by atoms with Gasteiger partial charge in [-0.05, 0) is 18.6 Å². The summed E-state index contributed by atoms with van der Waals surface area (Å²) < 4.78 is 39.5. The Hall–Kier alpha value is -1.17. The molecule has 0 N–H and O–H groups in total. The number of sulfone groups is 1. The number of hydrogen-bond acceptors (Lipinski definition) is 4. The number of pyridine rings is 1. The van der Waals surface area contributed by atoms with Gasteiger partial charge in [0.15, 0.2) is 5.75 Å². The molecule has 1 rings (SSSR count). The lowest BCUT2D eigenvalue weighted by Crippen LogP contribution is -2.08. The van der Waals surface area contributed by atoms with Gasteiger partial charge in [-0.1, -0.05) is 0 Å². The summed E-state index contributed by atoms with van der Waals surface area (Å²) in [5.41, 5.74) is 0. The SMILES string of the molecule is CS(=O)(=O)CCCOc1cccnc1F. The molecule has 0 saturated carbocycles. The molecule has 0 saturated heterocycles. The van der Waals surface area contributed by atoms with Gasteiger partial charge in [-0.25, -0.2) is 13.4 Å². The van der Waals surface area contributed by atoms with Gasteiger partial charge in [-0.2, -0.15) is 4.39 Å². The Labute approximate surface area is 88.0 Å². The standard InChI is InChI=1S/C9H12FNO3S/c1-15(12,13)7-3-6-14-8-4-2-5-11-9(8)10/h2,4-5H,3,6-7H2,1H3. The van der Waals surface area contributed by atoms with Crippen LogP contribution in [0, 0.1) is 5.95 Å². The molecule has 0 unspecified atom stereocenters. The predicted octanol–water partition coefficient (Wildman–Crippen LogP) is 1.03. The molecule has 6 heteroatoms. The highest BCUT2D eigenvalue weighted by Gasteiger charge is 2.04. The van der Waals surface area contributed by atoms with E-state index in [2.05, 4.69) is 4.98 Å². The Bertz CT molecular complexity index is 419. The highest BCUT2D eigenvalue weighted by molar-refractivity contribution is 7.90. The van der Waals surface area contributed by atoms with E-state index >= 15 is 0 Å². The van der Waals surface area contributed by atoms with Gasteiger partial charge in [0.1, 0.15) is 9.84 Å². The predicted molar refractivity (Wildman–Crippen MR) is 54.0 cm³/mol. The Balaban J connectivity index is 2.36. The minimum atomic E-state index is -2.98. The zero-order chi connectivity index (χ0) is 11.3. The molecule has 0 aliphatic rings. The molecule has 1 aromatic heterocycles. The molecule has 0 spiro atoms. The molecule has 84 valence electrons. The fraction of sp³-hybridized carbons (Fsp3) is 0.444. The molecule has 0 atom stereocenters. The summed E-state index contributed by atoms with van der Waals surface area (Å²) in [7, 11) is -2.98. The minimum Gasteiger partial charge on any atom is -0.489 e. The van der Waals surface area contributed by atoms with E-state index in [4.69, 9.17) is 4.74 Å². The average molecular weight is 233 g/mol. The van der Waals surface area contributed by atoms with Gasteiger partial charge in [-0.15, -0.1) is 0 Å². The molecule has 4 nitrogen and oxygen atoms in total. The Morgan fingerprint density at radius 3 is 2.87 bits per heavy atom. The molecule has 0 radical (unpaired) electrons. The van der Waals surface area contributed by atoms with Crippen molar-refractivity contribution in [3.05, 3.63) is 24.3 Å². The van der Waals surface area contributed by atoms with Gasteiger partial charge in [-0.3, -0.25) is 0 Å². The van der Waals surface area contributed by atoms with E-state index in [1.807, 2.05) is 0 Å². The van der Waals surface area contributed by atoms with Crippen molar-refractivity contribution in [2.24, 2.45) is 0 Å². The van der Waals surface area contributed by atoms with Gasteiger partial charge in [0.25, 0.3) is 5.95 Å². The van der Waals surface area contributed by atoms with E-state index in [9.17, 15) is 12.8 Å². The third kappa shape index (κ3) is 4.73. The Kier molecular flexibility index (Phi) is 4.02. The average Bonchev–Trinajstić information content (AvgIpc) is 2.13. The first-order valence-corrected chi connectivity index (χ1v) is 6.46. The number of halogens is 1. The molecule has 0 aromatic carbocycles. The molecule has 0 aliphatic carbocycles. The van der Waals surface area contributed by atoms with Crippen LogP contribution >= 0.6 is 0 Å². The summed E-state index contributed by atoms with van der Waals surface area (Å²) in [6, 6.07) is 3.00. The van der Waals surface area contributed by atoms with Crippen LogP contribution in [-0.4, -0.2) is 32.0 Å². The van der Waals surface area contributed by atoms with Crippen LogP contribution in [0.5, 0.6) is 5.75 Å². The van der Waals surface area contributed by atoms with Crippen LogP contribution in [0.1, 0.15) is 6.42 Å². The molecular formula is C9H12FNO3S. The van der Waals surface area contributed by atoms with Crippen LogP contribution in [0.3, 0.4) is 0 Å². The first-order valence-electron chi connectivity index (χ1n) is 4.40. The first-order chi connectivity index (χ1) is 6.99. The zero-order valence-electron chi connectivity index (χ0n) is 8.31. The van der Waals surface area contributed by atoms with Crippen molar-refractivity contribution in [1.82, 2.24) is 4.98 Å². The summed E-state index contributed by atoms with van der Waals surface area (Å²) >= 11 is 0. The fourth-order valence-corrected chi connectivity index (χ4v) is 1.62. The van der Waals surface area contributed by atoms with E-state index in [0.29, 0.717) is 6.42 Å². The van der Waals surface area contributed by atoms with Crippen molar-refractivity contribution in [2.45, 2.75) is 6.42 Å². The molecule has 1 heterocycles. The lowest BCUT2D eigenvalue weighted by atomic mass is 10.4. The second-order valence-electron chi connectivity index (χ2n) is 3.12. The zero-order valence-corrected chi connectivity index (χ0v) is 9.13. The van der Waals surface area contributed by atoms with Gasteiger partial charge < -0.3 is 4.74 Å². The van der Waals surface area contributed by atoms with Crippen LogP contribution in [0.15, 0.2) is 18.3 Å². The molecule has 15 heavy (non-hydrogen) atoms. The molecule has 1 aromatic rings.